The number of anilines is 1. The zero-order chi connectivity index (χ0) is 20.4. The number of benzene rings is 2. The average molecular weight is 367 g/mol. The molecule has 0 spiro atoms. The van der Waals surface area contributed by atoms with Crippen molar-refractivity contribution < 1.29 is 14.7 Å². The number of hydrogen-bond acceptors (Lipinski definition) is 3. The molecule has 0 saturated heterocycles. The van der Waals surface area contributed by atoms with E-state index in [0.717, 1.165) is 23.1 Å². The average Bonchev–Trinajstić information content (AvgIpc) is 2.53. The number of carbonyl (C=O) groups is 2. The summed E-state index contributed by atoms with van der Waals surface area (Å²) in [5, 5.41) is 13.0. The van der Waals surface area contributed by atoms with Gasteiger partial charge in [-0.25, -0.2) is 0 Å². The maximum Gasteiger partial charge on any atom is 0.224 e. The smallest absolute Gasteiger partial charge is 0.224 e. The van der Waals surface area contributed by atoms with Gasteiger partial charge in [-0.05, 0) is 72.7 Å². The maximum absolute atomic E-state index is 13.1. The van der Waals surface area contributed by atoms with Crippen LogP contribution in [-0.4, -0.2) is 16.8 Å². The molecule has 0 atom stereocenters. The number of aromatic hydroxyl groups is 1. The van der Waals surface area contributed by atoms with Crippen molar-refractivity contribution in [2.24, 2.45) is 0 Å². The number of phenolic OH excluding ortho intramolecular Hbond substituents is 1. The number of phenols is 1. The van der Waals surface area contributed by atoms with Crippen LogP contribution in [0.4, 0.5) is 5.69 Å². The van der Waals surface area contributed by atoms with Crippen molar-refractivity contribution in [1.29, 1.82) is 0 Å². The van der Waals surface area contributed by atoms with E-state index in [1.807, 2.05) is 53.7 Å². The molecule has 0 heterocycles. The largest absolute Gasteiger partial charge is 0.508 e. The Balaban J connectivity index is 2.41. The molecule has 4 heteroatoms. The SMILES string of the molecule is CCCC(=O)Nc1cc(C)c(C(=O)c2ccc(O)c(C(C)(C)C)c2)c(C)c1. The first kappa shape index (κ1) is 20.7. The predicted octanol–water partition coefficient (Wildman–Crippen LogP) is 5.28. The van der Waals surface area contributed by atoms with E-state index in [1.165, 1.54) is 0 Å². The van der Waals surface area contributed by atoms with Crippen molar-refractivity contribution in [1.82, 2.24) is 0 Å². The van der Waals surface area contributed by atoms with Crippen LogP contribution in [0.1, 0.15) is 73.1 Å². The summed E-state index contributed by atoms with van der Waals surface area (Å²) in [5.41, 5.74) is 4.00. The first-order chi connectivity index (χ1) is 12.5. The highest BCUT2D eigenvalue weighted by molar-refractivity contribution is 6.11. The summed E-state index contributed by atoms with van der Waals surface area (Å²) in [6.07, 6.45) is 1.26. The van der Waals surface area contributed by atoms with Gasteiger partial charge in [0.05, 0.1) is 0 Å². The highest BCUT2D eigenvalue weighted by atomic mass is 16.3. The molecule has 4 nitrogen and oxygen atoms in total. The maximum atomic E-state index is 13.1. The Hall–Kier alpha value is -2.62. The van der Waals surface area contributed by atoms with Gasteiger partial charge in [-0.2, -0.15) is 0 Å². The van der Waals surface area contributed by atoms with Crippen molar-refractivity contribution in [2.45, 2.75) is 59.8 Å². The zero-order valence-corrected chi connectivity index (χ0v) is 17.1. The first-order valence-electron chi connectivity index (χ1n) is 9.34. The minimum Gasteiger partial charge on any atom is -0.508 e. The van der Waals surface area contributed by atoms with Crippen molar-refractivity contribution in [3.63, 3.8) is 0 Å². The zero-order valence-electron chi connectivity index (χ0n) is 17.1. The number of aryl methyl sites for hydroxylation is 2. The summed E-state index contributed by atoms with van der Waals surface area (Å²) in [4.78, 5) is 25.0. The number of carbonyl (C=O) groups excluding carboxylic acids is 2. The van der Waals surface area contributed by atoms with Gasteiger partial charge in [0.2, 0.25) is 5.91 Å². The fraction of sp³-hybridized carbons (Fsp3) is 0.391. The summed E-state index contributed by atoms with van der Waals surface area (Å²) < 4.78 is 0. The van der Waals surface area contributed by atoms with E-state index in [0.29, 0.717) is 23.2 Å². The molecule has 0 unspecified atom stereocenters. The van der Waals surface area contributed by atoms with E-state index in [9.17, 15) is 14.7 Å². The molecule has 0 aliphatic rings. The lowest BCUT2D eigenvalue weighted by atomic mass is 9.84. The van der Waals surface area contributed by atoms with Crippen LogP contribution in [0.5, 0.6) is 5.75 Å². The highest BCUT2D eigenvalue weighted by Gasteiger charge is 2.22. The van der Waals surface area contributed by atoms with E-state index in [2.05, 4.69) is 5.32 Å². The van der Waals surface area contributed by atoms with Crippen LogP contribution < -0.4 is 5.32 Å². The van der Waals surface area contributed by atoms with E-state index in [4.69, 9.17) is 0 Å². The summed E-state index contributed by atoms with van der Waals surface area (Å²) in [7, 11) is 0. The van der Waals surface area contributed by atoms with Gasteiger partial charge in [0, 0.05) is 23.2 Å². The molecule has 0 aliphatic carbocycles. The molecule has 2 aromatic rings. The summed E-state index contributed by atoms with van der Waals surface area (Å²) in [6.45, 7) is 11.7. The highest BCUT2D eigenvalue weighted by Crippen LogP contribution is 2.32. The van der Waals surface area contributed by atoms with E-state index >= 15 is 0 Å². The standard InChI is InChI=1S/C23H29NO3/c1-7-8-20(26)24-17-11-14(2)21(15(3)12-17)22(27)16-9-10-19(25)18(13-16)23(4,5)6/h9-13,25H,7-8H2,1-6H3,(H,24,26). The van der Waals surface area contributed by atoms with Crippen LogP contribution in [0, 0.1) is 13.8 Å². The second-order valence-corrected chi connectivity index (χ2v) is 8.09. The predicted molar refractivity (Wildman–Crippen MR) is 110 cm³/mol. The Labute approximate surface area is 161 Å². The molecule has 1 amide bonds. The molecule has 2 rings (SSSR count). The summed E-state index contributed by atoms with van der Waals surface area (Å²) in [5.74, 6) is 0.0899. The van der Waals surface area contributed by atoms with E-state index < -0.39 is 0 Å². The normalized spacial score (nSPS) is 11.3. The lowest BCUT2D eigenvalue weighted by Gasteiger charge is -2.21. The van der Waals surface area contributed by atoms with Crippen LogP contribution in [0.2, 0.25) is 0 Å². The molecule has 0 bridgehead atoms. The first-order valence-corrected chi connectivity index (χ1v) is 9.34. The second kappa shape index (κ2) is 7.95. The van der Waals surface area contributed by atoms with Crippen LogP contribution in [0.3, 0.4) is 0 Å². The monoisotopic (exact) mass is 367 g/mol. The van der Waals surface area contributed by atoms with Crippen molar-refractivity contribution in [3.05, 3.63) is 58.1 Å². The molecule has 0 aliphatic heterocycles. The molecular weight excluding hydrogens is 338 g/mol. The Morgan fingerprint density at radius 3 is 2.15 bits per heavy atom. The Kier molecular flexibility index (Phi) is 6.09. The molecule has 27 heavy (non-hydrogen) atoms. The van der Waals surface area contributed by atoms with Gasteiger partial charge in [-0.3, -0.25) is 9.59 Å². The Morgan fingerprint density at radius 1 is 1.04 bits per heavy atom. The molecule has 2 aromatic carbocycles. The minimum atomic E-state index is -0.266. The third-order valence-electron chi connectivity index (χ3n) is 4.59. The number of hydrogen-bond donors (Lipinski definition) is 2. The minimum absolute atomic E-state index is 0.0243. The van der Waals surface area contributed by atoms with Crippen LogP contribution in [0.25, 0.3) is 0 Å². The molecule has 0 radical (unpaired) electrons. The van der Waals surface area contributed by atoms with Gasteiger partial charge in [0.1, 0.15) is 5.75 Å². The molecule has 2 N–H and O–H groups in total. The van der Waals surface area contributed by atoms with Crippen LogP contribution in [0.15, 0.2) is 30.3 Å². The van der Waals surface area contributed by atoms with Gasteiger partial charge in [0.15, 0.2) is 5.78 Å². The second-order valence-electron chi connectivity index (χ2n) is 8.09. The molecule has 0 aromatic heterocycles. The number of ketones is 1. The molecular formula is C23H29NO3. The lowest BCUT2D eigenvalue weighted by Crippen LogP contribution is -2.14. The molecule has 0 fully saturated rings. The van der Waals surface area contributed by atoms with Crippen molar-refractivity contribution in [3.8, 4) is 5.75 Å². The van der Waals surface area contributed by atoms with E-state index in [1.54, 1.807) is 18.2 Å². The number of nitrogens with one attached hydrogen (secondary N) is 1. The Bertz CT molecular complexity index is 853. The quantitative estimate of drug-likeness (QED) is 0.707. The van der Waals surface area contributed by atoms with E-state index in [-0.39, 0.29) is 22.9 Å². The van der Waals surface area contributed by atoms with Gasteiger partial charge in [-0.1, -0.05) is 27.7 Å². The lowest BCUT2D eigenvalue weighted by molar-refractivity contribution is -0.116. The fourth-order valence-corrected chi connectivity index (χ4v) is 3.27. The summed E-state index contributed by atoms with van der Waals surface area (Å²) in [6, 6.07) is 8.67. The number of rotatable bonds is 5. The van der Waals surface area contributed by atoms with Gasteiger partial charge < -0.3 is 10.4 Å². The summed E-state index contributed by atoms with van der Waals surface area (Å²) >= 11 is 0. The van der Waals surface area contributed by atoms with Crippen molar-refractivity contribution >= 4 is 17.4 Å². The van der Waals surface area contributed by atoms with Gasteiger partial charge in [-0.15, -0.1) is 0 Å². The third-order valence-corrected chi connectivity index (χ3v) is 4.59. The van der Waals surface area contributed by atoms with Crippen molar-refractivity contribution in [2.75, 3.05) is 5.32 Å². The fourth-order valence-electron chi connectivity index (χ4n) is 3.27. The number of amides is 1. The molecule has 144 valence electrons. The van der Waals surface area contributed by atoms with Gasteiger partial charge in [0.25, 0.3) is 0 Å². The molecule has 0 saturated carbocycles. The van der Waals surface area contributed by atoms with Crippen LogP contribution >= 0.6 is 0 Å². The third kappa shape index (κ3) is 4.76. The van der Waals surface area contributed by atoms with Crippen LogP contribution in [-0.2, 0) is 10.2 Å². The topological polar surface area (TPSA) is 66.4 Å². The Morgan fingerprint density at radius 2 is 1.63 bits per heavy atom. The van der Waals surface area contributed by atoms with Gasteiger partial charge >= 0.3 is 0 Å².